The quantitative estimate of drug-likeness (QED) is 0.672. The number of hydrogen-bond donors (Lipinski definition) is 1. The number of amidine groups is 1. The lowest BCUT2D eigenvalue weighted by Crippen LogP contribution is -2.39. The van der Waals surface area contributed by atoms with E-state index in [4.69, 9.17) is 0 Å². The van der Waals surface area contributed by atoms with Gasteiger partial charge in [-0.1, -0.05) is 5.10 Å². The highest BCUT2D eigenvalue weighted by Crippen LogP contribution is 2.28. The fourth-order valence-electron chi connectivity index (χ4n) is 2.12. The Morgan fingerprint density at radius 3 is 2.69 bits per heavy atom. The summed E-state index contributed by atoms with van der Waals surface area (Å²) in [5.41, 5.74) is 2.13. The van der Waals surface area contributed by atoms with E-state index in [0.29, 0.717) is 22.7 Å². The molecule has 0 spiro atoms. The topological polar surface area (TPSA) is 52.9 Å². The van der Waals surface area contributed by atoms with Crippen LogP contribution in [0.4, 0.5) is 0 Å². The molecule has 5 heteroatoms. The fourth-order valence-corrected chi connectivity index (χ4v) is 2.12. The van der Waals surface area contributed by atoms with Crippen LogP contribution in [0.5, 0.6) is 0 Å². The van der Waals surface area contributed by atoms with Gasteiger partial charge in [-0.15, -0.1) is 0 Å². The van der Waals surface area contributed by atoms with Crippen LogP contribution < -0.4 is 0 Å². The van der Waals surface area contributed by atoms with E-state index in [2.05, 4.69) is 5.10 Å². The lowest BCUT2D eigenvalue weighted by molar-refractivity contribution is -0.897. The van der Waals surface area contributed by atoms with Crippen molar-refractivity contribution >= 4 is 11.8 Å². The van der Waals surface area contributed by atoms with Gasteiger partial charge in [0.05, 0.1) is 14.1 Å². The minimum atomic E-state index is -0.910. The first kappa shape index (κ1) is 10.9. The number of carboxylic acid groups (broad SMARTS) is 1. The summed E-state index contributed by atoms with van der Waals surface area (Å²) in [6.45, 7) is 4.47. The molecule has 0 aromatic rings. The number of aliphatic carboxylic acids is 1. The van der Waals surface area contributed by atoms with Crippen LogP contribution >= 0.6 is 0 Å². The highest BCUT2D eigenvalue weighted by molar-refractivity contribution is 6.20. The average Bonchev–Trinajstić information content (AvgIpc) is 2.40. The highest BCUT2D eigenvalue weighted by Gasteiger charge is 2.39. The summed E-state index contributed by atoms with van der Waals surface area (Å²) in [6.07, 6.45) is 1.90. The molecule has 0 saturated heterocycles. The van der Waals surface area contributed by atoms with Crippen LogP contribution in [-0.2, 0) is 4.79 Å². The van der Waals surface area contributed by atoms with Gasteiger partial charge in [-0.2, -0.15) is 4.59 Å². The van der Waals surface area contributed by atoms with Crippen LogP contribution in [0.25, 0.3) is 0 Å². The van der Waals surface area contributed by atoms with Gasteiger partial charge in [0.1, 0.15) is 5.57 Å². The molecule has 2 aliphatic rings. The number of carbonyl (C=O) groups is 1. The van der Waals surface area contributed by atoms with Crippen LogP contribution in [0.3, 0.4) is 0 Å². The van der Waals surface area contributed by atoms with E-state index in [1.807, 2.05) is 38.9 Å². The molecule has 5 nitrogen and oxygen atoms in total. The first-order valence-electron chi connectivity index (χ1n) is 5.15. The molecule has 0 aliphatic carbocycles. The van der Waals surface area contributed by atoms with Gasteiger partial charge < -0.3 is 5.11 Å². The SMILES string of the molecule is CC1=CC(C)=C(C(=O)O)C2=N[N+](C)(C)CN12. The maximum atomic E-state index is 11.2. The van der Waals surface area contributed by atoms with Gasteiger partial charge in [-0.3, -0.25) is 4.90 Å². The van der Waals surface area contributed by atoms with Crippen molar-refractivity contribution < 1.29 is 14.5 Å². The Morgan fingerprint density at radius 1 is 1.50 bits per heavy atom. The van der Waals surface area contributed by atoms with Gasteiger partial charge in [0.25, 0.3) is 0 Å². The van der Waals surface area contributed by atoms with Crippen molar-refractivity contribution in [2.45, 2.75) is 13.8 Å². The first-order valence-corrected chi connectivity index (χ1v) is 5.15. The Kier molecular flexibility index (Phi) is 2.17. The number of rotatable bonds is 1. The van der Waals surface area contributed by atoms with Gasteiger partial charge >= 0.3 is 5.97 Å². The second kappa shape index (κ2) is 3.18. The molecule has 2 rings (SSSR count). The summed E-state index contributed by atoms with van der Waals surface area (Å²) in [5.74, 6) is -0.332. The number of fused-ring (bicyclic) bond motifs is 1. The molecule has 0 radical (unpaired) electrons. The maximum absolute atomic E-state index is 11.2. The van der Waals surface area contributed by atoms with Crippen molar-refractivity contribution in [3.8, 4) is 0 Å². The predicted molar refractivity (Wildman–Crippen MR) is 60.3 cm³/mol. The van der Waals surface area contributed by atoms with Gasteiger partial charge in [0, 0.05) is 5.70 Å². The minimum absolute atomic E-state index is 0.314. The third-order valence-electron chi connectivity index (χ3n) is 2.79. The molecule has 16 heavy (non-hydrogen) atoms. The number of hydrogen-bond acceptors (Lipinski definition) is 3. The van der Waals surface area contributed by atoms with Crippen molar-refractivity contribution in [3.05, 3.63) is 22.9 Å². The van der Waals surface area contributed by atoms with E-state index in [9.17, 15) is 9.90 Å². The summed E-state index contributed by atoms with van der Waals surface area (Å²) in [7, 11) is 3.90. The number of carboxylic acids is 1. The zero-order valence-electron chi connectivity index (χ0n) is 9.98. The molecular weight excluding hydrogens is 206 g/mol. The molecule has 0 amide bonds. The molecule has 2 aliphatic heterocycles. The second-order valence-electron chi connectivity index (χ2n) is 4.76. The number of nitrogens with zero attached hydrogens (tertiary/aromatic N) is 3. The molecule has 86 valence electrons. The highest BCUT2D eigenvalue weighted by atomic mass is 16.4. The smallest absolute Gasteiger partial charge is 0.339 e. The average molecular weight is 222 g/mol. The van der Waals surface area contributed by atoms with Gasteiger partial charge in [-0.05, 0) is 25.5 Å². The van der Waals surface area contributed by atoms with E-state index in [1.54, 1.807) is 0 Å². The van der Waals surface area contributed by atoms with E-state index in [1.165, 1.54) is 0 Å². The number of quaternary nitrogens is 1. The van der Waals surface area contributed by atoms with E-state index < -0.39 is 5.97 Å². The monoisotopic (exact) mass is 222 g/mol. The van der Waals surface area contributed by atoms with Gasteiger partial charge in [0.15, 0.2) is 6.67 Å². The normalized spacial score (nSPS) is 22.9. The largest absolute Gasteiger partial charge is 0.478 e. The van der Waals surface area contributed by atoms with Crippen molar-refractivity contribution in [1.29, 1.82) is 0 Å². The standard InChI is InChI=1S/C11H15N3O2/c1-7-5-8(2)13-6-14(3,4)12-10(13)9(7)11(15)16/h5H,6H2,1-4H3/p+1. The zero-order valence-corrected chi connectivity index (χ0v) is 9.98. The Hall–Kier alpha value is -1.62. The van der Waals surface area contributed by atoms with Crippen LogP contribution in [0, 0.1) is 0 Å². The Balaban J connectivity index is 2.58. The van der Waals surface area contributed by atoms with Gasteiger partial charge in [-0.25, -0.2) is 4.79 Å². The van der Waals surface area contributed by atoms with Crippen molar-refractivity contribution in [2.24, 2.45) is 5.10 Å². The minimum Gasteiger partial charge on any atom is -0.478 e. The molecule has 2 heterocycles. The van der Waals surface area contributed by atoms with Crippen molar-refractivity contribution in [1.82, 2.24) is 4.90 Å². The maximum Gasteiger partial charge on any atom is 0.339 e. The van der Waals surface area contributed by atoms with Crippen molar-refractivity contribution in [2.75, 3.05) is 20.8 Å². The van der Waals surface area contributed by atoms with Gasteiger partial charge in [0.2, 0.25) is 5.84 Å². The molecule has 0 saturated carbocycles. The predicted octanol–water partition coefficient (Wildman–Crippen LogP) is 0.968. The third kappa shape index (κ3) is 1.53. The lowest BCUT2D eigenvalue weighted by atomic mass is 10.0. The second-order valence-corrected chi connectivity index (χ2v) is 4.76. The molecule has 0 aromatic heterocycles. The molecule has 0 bridgehead atoms. The molecule has 0 unspecified atom stereocenters. The Labute approximate surface area is 94.5 Å². The third-order valence-corrected chi connectivity index (χ3v) is 2.79. The Bertz CT molecular complexity index is 458. The summed E-state index contributed by atoms with van der Waals surface area (Å²) < 4.78 is 0.435. The van der Waals surface area contributed by atoms with Crippen LogP contribution in [0.2, 0.25) is 0 Å². The summed E-state index contributed by atoms with van der Waals surface area (Å²) in [6, 6.07) is 0. The summed E-state index contributed by atoms with van der Waals surface area (Å²) in [5, 5.41) is 13.7. The van der Waals surface area contributed by atoms with Crippen LogP contribution in [0.1, 0.15) is 13.8 Å². The zero-order chi connectivity index (χ0) is 12.1. The van der Waals surface area contributed by atoms with Crippen LogP contribution in [0.15, 0.2) is 28.0 Å². The first-order chi connectivity index (χ1) is 7.32. The Morgan fingerprint density at radius 2 is 2.12 bits per heavy atom. The summed E-state index contributed by atoms with van der Waals surface area (Å²) >= 11 is 0. The van der Waals surface area contributed by atoms with E-state index >= 15 is 0 Å². The molecular formula is C11H16N3O2+. The van der Waals surface area contributed by atoms with Crippen molar-refractivity contribution in [3.63, 3.8) is 0 Å². The van der Waals surface area contributed by atoms with Crippen LogP contribution in [-0.4, -0.2) is 47.2 Å². The molecule has 0 aromatic carbocycles. The van der Waals surface area contributed by atoms with E-state index in [-0.39, 0.29) is 0 Å². The fraction of sp³-hybridized carbons (Fsp3) is 0.455. The molecule has 0 fully saturated rings. The van der Waals surface area contributed by atoms with E-state index in [0.717, 1.165) is 11.3 Å². The number of allylic oxidation sites excluding steroid dienone is 3. The summed E-state index contributed by atoms with van der Waals surface area (Å²) in [4.78, 5) is 13.2. The lowest BCUT2D eigenvalue weighted by Gasteiger charge is -2.25. The molecule has 0 atom stereocenters. The molecule has 1 N–H and O–H groups in total.